The van der Waals surface area contributed by atoms with Gasteiger partial charge in [0.1, 0.15) is 0 Å². The van der Waals surface area contributed by atoms with Gasteiger partial charge in [-0.25, -0.2) is 0 Å². The van der Waals surface area contributed by atoms with Crippen molar-refractivity contribution < 1.29 is 4.79 Å². The van der Waals surface area contributed by atoms with E-state index in [1.165, 1.54) is 11.1 Å². The number of benzene rings is 1. The average Bonchev–Trinajstić information content (AvgIpc) is 2.58. The number of ketones is 1. The molecule has 0 spiro atoms. The fourth-order valence-corrected chi connectivity index (χ4v) is 2.71. The lowest BCUT2D eigenvalue weighted by Crippen LogP contribution is -2.13. The lowest BCUT2D eigenvalue weighted by atomic mass is 9.85. The largest absolute Gasteiger partial charge is 0.294 e. The van der Waals surface area contributed by atoms with Crippen LogP contribution in [-0.2, 0) is 11.2 Å². The van der Waals surface area contributed by atoms with Crippen molar-refractivity contribution in [3.63, 3.8) is 0 Å². The third-order valence-corrected chi connectivity index (χ3v) is 3.71. The highest BCUT2D eigenvalue weighted by atomic mass is 79.9. The zero-order chi connectivity index (χ0) is 11.7. The molecule has 84 valence electrons. The number of halogens is 1. The first-order chi connectivity index (χ1) is 7.63. The Balaban J connectivity index is 2.46. The van der Waals surface area contributed by atoms with E-state index in [0.29, 0.717) is 5.92 Å². The summed E-state index contributed by atoms with van der Waals surface area (Å²) < 4.78 is 1.05. The fraction of sp³-hybridized carbons (Fsp3) is 0.357. The molecule has 0 radical (unpaired) electrons. The van der Waals surface area contributed by atoms with E-state index >= 15 is 0 Å². The van der Waals surface area contributed by atoms with Gasteiger partial charge in [-0.1, -0.05) is 41.9 Å². The minimum absolute atomic E-state index is 0.0208. The Bertz CT molecular complexity index is 448. The van der Waals surface area contributed by atoms with Crippen LogP contribution >= 0.6 is 15.9 Å². The second-order valence-corrected chi connectivity index (χ2v) is 5.21. The minimum Gasteiger partial charge on any atom is -0.294 e. The molecule has 1 nitrogen and oxygen atoms in total. The quantitative estimate of drug-likeness (QED) is 0.803. The van der Waals surface area contributed by atoms with Crippen molar-refractivity contribution in [1.29, 1.82) is 0 Å². The van der Waals surface area contributed by atoms with Crippen molar-refractivity contribution in [2.75, 3.05) is 0 Å². The molecule has 0 aromatic heterocycles. The summed E-state index contributed by atoms with van der Waals surface area (Å²) in [6.45, 7) is 4.23. The van der Waals surface area contributed by atoms with E-state index < -0.39 is 0 Å². The number of hydrogen-bond donors (Lipinski definition) is 0. The van der Waals surface area contributed by atoms with Crippen molar-refractivity contribution in [1.82, 2.24) is 0 Å². The SMILES string of the molecule is CCc1ccc(Br)cc1C1C(=O)C=CC1C. The molecule has 2 atom stereocenters. The zero-order valence-electron chi connectivity index (χ0n) is 9.53. The van der Waals surface area contributed by atoms with Crippen LogP contribution in [0.1, 0.15) is 30.9 Å². The molecule has 0 saturated heterocycles. The van der Waals surface area contributed by atoms with Gasteiger partial charge in [-0.05, 0) is 41.7 Å². The molecule has 2 rings (SSSR count). The fourth-order valence-electron chi connectivity index (χ4n) is 2.33. The monoisotopic (exact) mass is 278 g/mol. The average molecular weight is 279 g/mol. The number of aryl methyl sites for hydroxylation is 1. The lowest BCUT2D eigenvalue weighted by Gasteiger charge is -2.18. The van der Waals surface area contributed by atoms with E-state index in [4.69, 9.17) is 0 Å². The van der Waals surface area contributed by atoms with Crippen LogP contribution in [0.5, 0.6) is 0 Å². The molecule has 0 amide bonds. The molecule has 1 aliphatic rings. The molecule has 0 fully saturated rings. The van der Waals surface area contributed by atoms with Gasteiger partial charge in [0, 0.05) is 4.47 Å². The first-order valence-corrected chi connectivity index (χ1v) is 6.43. The predicted molar refractivity (Wildman–Crippen MR) is 69.6 cm³/mol. The number of hydrogen-bond acceptors (Lipinski definition) is 1. The Morgan fingerprint density at radius 1 is 1.38 bits per heavy atom. The van der Waals surface area contributed by atoms with Gasteiger partial charge in [-0.2, -0.15) is 0 Å². The molecule has 1 aromatic rings. The second-order valence-electron chi connectivity index (χ2n) is 4.29. The van der Waals surface area contributed by atoms with Crippen LogP contribution in [0.4, 0.5) is 0 Å². The summed E-state index contributed by atoms with van der Waals surface area (Å²) in [5.41, 5.74) is 2.46. The van der Waals surface area contributed by atoms with Crippen LogP contribution in [0.25, 0.3) is 0 Å². The standard InChI is InChI=1S/C14H15BrO/c1-3-10-5-6-11(15)8-12(10)14-9(2)4-7-13(14)16/h4-9,14H,3H2,1-2H3. The number of rotatable bonds is 2. The van der Waals surface area contributed by atoms with Crippen LogP contribution in [0.15, 0.2) is 34.8 Å². The van der Waals surface area contributed by atoms with Crippen molar-refractivity contribution in [2.45, 2.75) is 26.2 Å². The van der Waals surface area contributed by atoms with Gasteiger partial charge in [0.2, 0.25) is 0 Å². The van der Waals surface area contributed by atoms with Crippen molar-refractivity contribution in [3.05, 3.63) is 46.0 Å². The molecule has 1 aromatic carbocycles. The van der Waals surface area contributed by atoms with Crippen LogP contribution < -0.4 is 0 Å². The summed E-state index contributed by atoms with van der Waals surface area (Å²) in [7, 11) is 0. The van der Waals surface area contributed by atoms with Crippen LogP contribution in [-0.4, -0.2) is 5.78 Å². The van der Waals surface area contributed by atoms with Gasteiger partial charge < -0.3 is 0 Å². The normalized spacial score (nSPS) is 24.1. The van der Waals surface area contributed by atoms with Crippen LogP contribution in [0.3, 0.4) is 0 Å². The molecular weight excluding hydrogens is 264 g/mol. The number of allylic oxidation sites excluding steroid dienone is 2. The van der Waals surface area contributed by atoms with Gasteiger partial charge in [-0.3, -0.25) is 4.79 Å². The molecule has 2 heteroatoms. The summed E-state index contributed by atoms with van der Waals surface area (Å²) in [5.74, 6) is 0.569. The maximum Gasteiger partial charge on any atom is 0.163 e. The Morgan fingerprint density at radius 3 is 2.69 bits per heavy atom. The van der Waals surface area contributed by atoms with Crippen molar-refractivity contribution in [2.24, 2.45) is 5.92 Å². The van der Waals surface area contributed by atoms with Gasteiger partial charge in [0.05, 0.1) is 5.92 Å². The summed E-state index contributed by atoms with van der Waals surface area (Å²) in [5, 5.41) is 0. The van der Waals surface area contributed by atoms with E-state index in [-0.39, 0.29) is 11.7 Å². The van der Waals surface area contributed by atoms with Gasteiger partial charge in [0.15, 0.2) is 5.78 Å². The maximum atomic E-state index is 11.9. The van der Waals surface area contributed by atoms with E-state index in [1.54, 1.807) is 6.08 Å². The predicted octanol–water partition coefficient (Wildman–Crippen LogP) is 3.87. The zero-order valence-corrected chi connectivity index (χ0v) is 11.1. The Hall–Kier alpha value is -0.890. The number of carbonyl (C=O) groups excluding carboxylic acids is 1. The minimum atomic E-state index is 0.0208. The highest BCUT2D eigenvalue weighted by Crippen LogP contribution is 2.35. The topological polar surface area (TPSA) is 17.1 Å². The molecule has 0 N–H and O–H groups in total. The Morgan fingerprint density at radius 2 is 2.12 bits per heavy atom. The molecule has 0 saturated carbocycles. The molecular formula is C14H15BrO. The lowest BCUT2D eigenvalue weighted by molar-refractivity contribution is -0.115. The molecule has 0 aliphatic heterocycles. The summed E-state index contributed by atoms with van der Waals surface area (Å²) in [6.07, 6.45) is 4.70. The van der Waals surface area contributed by atoms with E-state index in [0.717, 1.165) is 10.9 Å². The Kier molecular flexibility index (Phi) is 3.29. The molecule has 0 heterocycles. The first-order valence-electron chi connectivity index (χ1n) is 5.64. The third-order valence-electron chi connectivity index (χ3n) is 3.22. The first kappa shape index (κ1) is 11.6. The van der Waals surface area contributed by atoms with E-state index in [2.05, 4.69) is 41.9 Å². The molecule has 16 heavy (non-hydrogen) atoms. The maximum absolute atomic E-state index is 11.9. The Labute approximate surface area is 105 Å². The second kappa shape index (κ2) is 4.54. The molecule has 1 aliphatic carbocycles. The number of carbonyl (C=O) groups is 1. The van der Waals surface area contributed by atoms with Gasteiger partial charge in [-0.15, -0.1) is 0 Å². The van der Waals surface area contributed by atoms with E-state index in [9.17, 15) is 4.79 Å². The van der Waals surface area contributed by atoms with Gasteiger partial charge in [0.25, 0.3) is 0 Å². The van der Waals surface area contributed by atoms with Crippen molar-refractivity contribution in [3.8, 4) is 0 Å². The van der Waals surface area contributed by atoms with Crippen LogP contribution in [0.2, 0.25) is 0 Å². The third kappa shape index (κ3) is 1.99. The van der Waals surface area contributed by atoms with E-state index in [1.807, 2.05) is 12.1 Å². The molecule has 0 bridgehead atoms. The van der Waals surface area contributed by atoms with Gasteiger partial charge >= 0.3 is 0 Å². The molecule has 2 unspecified atom stereocenters. The smallest absolute Gasteiger partial charge is 0.163 e. The van der Waals surface area contributed by atoms with Crippen LogP contribution in [0, 0.1) is 5.92 Å². The highest BCUT2D eigenvalue weighted by Gasteiger charge is 2.29. The summed E-state index contributed by atoms with van der Waals surface area (Å²) >= 11 is 3.48. The van der Waals surface area contributed by atoms with Crippen molar-refractivity contribution >= 4 is 21.7 Å². The summed E-state index contributed by atoms with van der Waals surface area (Å²) in [4.78, 5) is 11.9. The highest BCUT2D eigenvalue weighted by molar-refractivity contribution is 9.10. The summed E-state index contributed by atoms with van der Waals surface area (Å²) in [6, 6.07) is 6.24.